The molecule has 0 fully saturated rings. The Balaban J connectivity index is 2.82. The first-order valence-electron chi connectivity index (χ1n) is 5.77. The van der Waals surface area contributed by atoms with E-state index < -0.39 is 0 Å². The van der Waals surface area contributed by atoms with Gasteiger partial charge in [0.1, 0.15) is 0 Å². The molecule has 1 aromatic carbocycles. The molecule has 0 saturated carbocycles. The van der Waals surface area contributed by atoms with Crippen LogP contribution in [0.2, 0.25) is 0 Å². The lowest BCUT2D eigenvalue weighted by Crippen LogP contribution is -2.15. The van der Waals surface area contributed by atoms with E-state index in [4.69, 9.17) is 4.74 Å². The van der Waals surface area contributed by atoms with Crippen LogP contribution in [-0.4, -0.2) is 6.61 Å². The highest BCUT2D eigenvalue weighted by Gasteiger charge is 2.17. The molecule has 0 bridgehead atoms. The maximum absolute atomic E-state index is 5.42. The molecule has 0 atom stereocenters. The second-order valence-corrected chi connectivity index (χ2v) is 4.57. The number of hydrogen-bond donors (Lipinski definition) is 0. The Bertz CT molecular complexity index is 302. The molecular weight excluding hydrogens is 184 g/mol. The predicted octanol–water partition coefficient (Wildman–Crippen LogP) is 3.91. The SMILES string of the molecule is CCOCc1cccc(C(C)(C)CC)c1. The van der Waals surface area contributed by atoms with Crippen LogP contribution < -0.4 is 0 Å². The summed E-state index contributed by atoms with van der Waals surface area (Å²) in [7, 11) is 0. The molecule has 0 heterocycles. The van der Waals surface area contributed by atoms with Crippen molar-refractivity contribution in [3.63, 3.8) is 0 Å². The van der Waals surface area contributed by atoms with Crippen molar-refractivity contribution in [2.45, 2.75) is 46.1 Å². The van der Waals surface area contributed by atoms with E-state index >= 15 is 0 Å². The van der Waals surface area contributed by atoms with Crippen LogP contribution in [-0.2, 0) is 16.8 Å². The highest BCUT2D eigenvalue weighted by molar-refractivity contribution is 5.28. The molecule has 1 heteroatoms. The smallest absolute Gasteiger partial charge is 0.0716 e. The van der Waals surface area contributed by atoms with Gasteiger partial charge in [-0.2, -0.15) is 0 Å². The lowest BCUT2D eigenvalue weighted by atomic mass is 9.82. The molecule has 1 nitrogen and oxygen atoms in total. The second-order valence-electron chi connectivity index (χ2n) is 4.57. The standard InChI is InChI=1S/C14H22O/c1-5-14(3,4)13-9-7-8-12(10-13)11-15-6-2/h7-10H,5-6,11H2,1-4H3. The van der Waals surface area contributed by atoms with E-state index in [-0.39, 0.29) is 5.41 Å². The van der Waals surface area contributed by atoms with Gasteiger partial charge in [-0.05, 0) is 29.9 Å². The molecule has 15 heavy (non-hydrogen) atoms. The molecule has 0 N–H and O–H groups in total. The van der Waals surface area contributed by atoms with E-state index in [2.05, 4.69) is 45.0 Å². The zero-order chi connectivity index (χ0) is 11.3. The van der Waals surface area contributed by atoms with Gasteiger partial charge in [0.2, 0.25) is 0 Å². The van der Waals surface area contributed by atoms with Crippen LogP contribution in [0.5, 0.6) is 0 Å². The first-order chi connectivity index (χ1) is 7.10. The van der Waals surface area contributed by atoms with Gasteiger partial charge < -0.3 is 4.74 Å². The van der Waals surface area contributed by atoms with E-state index in [1.54, 1.807) is 0 Å². The largest absolute Gasteiger partial charge is 0.377 e. The minimum absolute atomic E-state index is 0.266. The molecule has 0 radical (unpaired) electrons. The monoisotopic (exact) mass is 206 g/mol. The minimum atomic E-state index is 0.266. The molecule has 1 rings (SSSR count). The third-order valence-corrected chi connectivity index (χ3v) is 3.07. The Morgan fingerprint density at radius 3 is 2.53 bits per heavy atom. The molecule has 0 unspecified atom stereocenters. The van der Waals surface area contributed by atoms with E-state index in [0.29, 0.717) is 0 Å². The summed E-state index contributed by atoms with van der Waals surface area (Å²) >= 11 is 0. The zero-order valence-corrected chi connectivity index (χ0v) is 10.3. The number of benzene rings is 1. The van der Waals surface area contributed by atoms with Gasteiger partial charge >= 0.3 is 0 Å². The maximum Gasteiger partial charge on any atom is 0.0716 e. The zero-order valence-electron chi connectivity index (χ0n) is 10.3. The Labute approximate surface area is 93.5 Å². The van der Waals surface area contributed by atoms with E-state index in [1.165, 1.54) is 11.1 Å². The van der Waals surface area contributed by atoms with Crippen molar-refractivity contribution in [2.75, 3.05) is 6.61 Å². The molecule has 1 aromatic rings. The maximum atomic E-state index is 5.42. The molecule has 0 amide bonds. The predicted molar refractivity (Wildman–Crippen MR) is 65.1 cm³/mol. The van der Waals surface area contributed by atoms with Gasteiger partial charge in [-0.1, -0.05) is 45.0 Å². The van der Waals surface area contributed by atoms with Crippen molar-refractivity contribution in [3.05, 3.63) is 35.4 Å². The van der Waals surface area contributed by atoms with Crippen molar-refractivity contribution < 1.29 is 4.74 Å². The molecular formula is C14H22O. The number of ether oxygens (including phenoxy) is 1. The summed E-state index contributed by atoms with van der Waals surface area (Å²) in [6.45, 7) is 10.3. The quantitative estimate of drug-likeness (QED) is 0.709. The summed E-state index contributed by atoms with van der Waals surface area (Å²) < 4.78 is 5.42. The molecule has 0 saturated heterocycles. The van der Waals surface area contributed by atoms with Crippen LogP contribution in [0.3, 0.4) is 0 Å². The Hall–Kier alpha value is -0.820. The van der Waals surface area contributed by atoms with E-state index in [0.717, 1.165) is 19.6 Å². The molecule has 0 spiro atoms. The van der Waals surface area contributed by atoms with Crippen molar-refractivity contribution in [2.24, 2.45) is 0 Å². The third-order valence-electron chi connectivity index (χ3n) is 3.07. The summed E-state index contributed by atoms with van der Waals surface area (Å²) in [5.41, 5.74) is 2.94. The molecule has 84 valence electrons. The van der Waals surface area contributed by atoms with Crippen molar-refractivity contribution >= 4 is 0 Å². The topological polar surface area (TPSA) is 9.23 Å². The van der Waals surface area contributed by atoms with Gasteiger partial charge in [0.05, 0.1) is 6.61 Å². The van der Waals surface area contributed by atoms with Crippen molar-refractivity contribution in [1.29, 1.82) is 0 Å². The average molecular weight is 206 g/mol. The average Bonchev–Trinajstić information content (AvgIpc) is 2.27. The van der Waals surface area contributed by atoms with Crippen molar-refractivity contribution in [3.8, 4) is 0 Å². The molecule has 0 aliphatic rings. The summed E-state index contributed by atoms with van der Waals surface area (Å²) in [4.78, 5) is 0. The Morgan fingerprint density at radius 1 is 1.20 bits per heavy atom. The normalized spacial score (nSPS) is 11.7. The van der Waals surface area contributed by atoms with Crippen LogP contribution in [0.4, 0.5) is 0 Å². The van der Waals surface area contributed by atoms with Crippen LogP contribution in [0.1, 0.15) is 45.2 Å². The van der Waals surface area contributed by atoms with Gasteiger partial charge in [-0.3, -0.25) is 0 Å². The first-order valence-corrected chi connectivity index (χ1v) is 5.77. The lowest BCUT2D eigenvalue weighted by Gasteiger charge is -2.23. The summed E-state index contributed by atoms with van der Waals surface area (Å²) in [6.07, 6.45) is 1.16. The minimum Gasteiger partial charge on any atom is -0.377 e. The number of rotatable bonds is 5. The molecule has 0 aliphatic carbocycles. The van der Waals surface area contributed by atoms with Gasteiger partial charge in [-0.25, -0.2) is 0 Å². The summed E-state index contributed by atoms with van der Waals surface area (Å²) in [5, 5.41) is 0. The van der Waals surface area contributed by atoms with Crippen LogP contribution in [0.15, 0.2) is 24.3 Å². The second kappa shape index (κ2) is 5.32. The fourth-order valence-corrected chi connectivity index (χ4v) is 1.51. The molecule has 0 aromatic heterocycles. The lowest BCUT2D eigenvalue weighted by molar-refractivity contribution is 0.134. The highest BCUT2D eigenvalue weighted by Crippen LogP contribution is 2.27. The van der Waals surface area contributed by atoms with Crippen LogP contribution in [0, 0.1) is 0 Å². The fourth-order valence-electron chi connectivity index (χ4n) is 1.51. The van der Waals surface area contributed by atoms with Gasteiger partial charge in [0.15, 0.2) is 0 Å². The van der Waals surface area contributed by atoms with Crippen LogP contribution in [0.25, 0.3) is 0 Å². The first kappa shape index (κ1) is 12.3. The van der Waals surface area contributed by atoms with Gasteiger partial charge in [0, 0.05) is 6.61 Å². The van der Waals surface area contributed by atoms with Gasteiger partial charge in [0.25, 0.3) is 0 Å². The Kier molecular flexibility index (Phi) is 4.34. The fraction of sp³-hybridized carbons (Fsp3) is 0.571. The summed E-state index contributed by atoms with van der Waals surface area (Å²) in [6, 6.07) is 8.73. The van der Waals surface area contributed by atoms with Crippen LogP contribution >= 0.6 is 0 Å². The number of hydrogen-bond acceptors (Lipinski definition) is 1. The van der Waals surface area contributed by atoms with E-state index in [9.17, 15) is 0 Å². The van der Waals surface area contributed by atoms with Gasteiger partial charge in [-0.15, -0.1) is 0 Å². The van der Waals surface area contributed by atoms with E-state index in [1.807, 2.05) is 6.92 Å². The highest BCUT2D eigenvalue weighted by atomic mass is 16.5. The molecule has 0 aliphatic heterocycles. The Morgan fingerprint density at radius 2 is 1.93 bits per heavy atom. The van der Waals surface area contributed by atoms with Crippen molar-refractivity contribution in [1.82, 2.24) is 0 Å². The third kappa shape index (κ3) is 3.35. The summed E-state index contributed by atoms with van der Waals surface area (Å²) in [5.74, 6) is 0.